The number of para-hydroxylation sites is 1. The van der Waals surface area contributed by atoms with E-state index in [1.165, 1.54) is 78.0 Å². The second-order valence-electron chi connectivity index (χ2n) is 33.2. The van der Waals surface area contributed by atoms with Crippen LogP contribution in [0.5, 0.6) is 0 Å². The van der Waals surface area contributed by atoms with Crippen molar-refractivity contribution in [3.63, 3.8) is 0 Å². The van der Waals surface area contributed by atoms with Crippen LogP contribution in [0.1, 0.15) is 144 Å². The zero-order valence-corrected chi connectivity index (χ0v) is 78.9. The molecule has 0 saturated heterocycles. The smallest absolute Gasteiger partial charge is 0.498 e. The normalized spacial score (nSPS) is 13.6. The Labute approximate surface area is 796 Å². The topological polar surface area (TPSA) is 317 Å². The van der Waals surface area contributed by atoms with Crippen LogP contribution in [0.3, 0.4) is 0 Å². The first-order chi connectivity index (χ1) is 64.9. The molecule has 6 aromatic heterocycles. The molecular weight excluding hydrogens is 1850 g/mol. The molecule has 3 aliphatic rings. The van der Waals surface area contributed by atoms with E-state index < -0.39 is 30.3 Å². The maximum Gasteiger partial charge on any atom is 0.526 e. The third kappa shape index (κ3) is 25.6. The van der Waals surface area contributed by atoms with Crippen molar-refractivity contribution in [3.05, 3.63) is 357 Å². The van der Waals surface area contributed by atoms with E-state index in [2.05, 4.69) is 178 Å². The molecule has 0 aliphatic heterocycles. The average molecular weight is 1960 g/mol. The summed E-state index contributed by atoms with van der Waals surface area (Å²) in [6.07, 6.45) is 12.1. The summed E-state index contributed by atoms with van der Waals surface area (Å²) in [4.78, 5) is 65.5. The molecule has 6 heterocycles. The molecule has 19 rings (SSSR count). The number of benzene rings is 10. The highest BCUT2D eigenvalue weighted by Crippen LogP contribution is 2.56. The number of carboxylic acid groups (broad SMARTS) is 1. The number of esters is 2. The number of furan rings is 3. The van der Waals surface area contributed by atoms with Gasteiger partial charge in [-0.2, -0.15) is 0 Å². The Balaban J connectivity index is 0.000000142. The maximum atomic E-state index is 15.2. The van der Waals surface area contributed by atoms with Gasteiger partial charge in [-0.25, -0.2) is 32.5 Å². The fraction of sp³-hybridized carbons (Fsp3) is 0.243. The Morgan fingerprint density at radius 2 is 0.889 bits per heavy atom. The van der Waals surface area contributed by atoms with Crippen LogP contribution in [0.15, 0.2) is 296 Å². The SMILES string of the molecule is C=C(CC(C)=O)OCC.CC1(c2ccccc2)CC1.CCOC(=O)Cc1ncc(-c2ccc(-c3cc4cc(C5(c6ccccc6)CC5)ccc4o3)c(F)c2)[nH]1.CCOC(=O)Cc1ncc(-c2ccc(Br)c(F)c2)[nH]1.CCOC(C)(CN)c1ccc(Br)c(F)c1.O=C(O)Cc1ncc(-c2ccc(-c3cc4cc(C5(c6ccccc6)CC5)ccc4o3)c(F)c2)[nH]1.OB(O)c1cc2ccccc2o1. The van der Waals surface area contributed by atoms with Crippen molar-refractivity contribution in [2.75, 3.05) is 33.0 Å². The number of ketones is 1. The number of nitrogens with zero attached hydrogens (tertiary/aromatic N) is 3. The number of nitrogens with two attached hydrogens (primary N) is 1. The summed E-state index contributed by atoms with van der Waals surface area (Å²) in [5.41, 5.74) is 20.0. The van der Waals surface area contributed by atoms with Crippen LogP contribution in [-0.2, 0) is 79.2 Å². The molecule has 8 N–H and O–H groups in total. The molecule has 0 bridgehead atoms. The zero-order chi connectivity index (χ0) is 96.1. The number of carbonyl (C=O) groups is 4. The number of imidazole rings is 3. The molecule has 21 nitrogen and oxygen atoms in total. The predicted octanol–water partition coefficient (Wildman–Crippen LogP) is 23.4. The van der Waals surface area contributed by atoms with Crippen molar-refractivity contribution in [1.82, 2.24) is 29.9 Å². The highest BCUT2D eigenvalue weighted by molar-refractivity contribution is 9.10. The summed E-state index contributed by atoms with van der Waals surface area (Å²) in [5, 5.41) is 29.3. The van der Waals surface area contributed by atoms with Crippen LogP contribution in [0.4, 0.5) is 17.6 Å². The van der Waals surface area contributed by atoms with Crippen molar-refractivity contribution in [3.8, 4) is 56.4 Å². The Bertz CT molecular complexity index is 6750. The second-order valence-corrected chi connectivity index (χ2v) is 34.9. The minimum absolute atomic E-state index is 0.0426. The van der Waals surface area contributed by atoms with Crippen LogP contribution in [0.25, 0.3) is 89.3 Å². The number of nitrogens with one attached hydrogen (secondary N) is 3. The number of aromatic amines is 3. The minimum atomic E-state index is -1.53. The third-order valence-electron chi connectivity index (χ3n) is 23.4. The van der Waals surface area contributed by atoms with Crippen molar-refractivity contribution in [2.45, 2.75) is 135 Å². The van der Waals surface area contributed by atoms with Gasteiger partial charge < -0.3 is 68.0 Å². The molecule has 3 saturated carbocycles. The Morgan fingerprint density at radius 3 is 1.28 bits per heavy atom. The molecule has 3 fully saturated rings. The lowest BCUT2D eigenvalue weighted by Crippen LogP contribution is -2.35. The number of aliphatic carboxylic acids is 1. The summed E-state index contributed by atoms with van der Waals surface area (Å²) in [7, 11) is -1.53. The van der Waals surface area contributed by atoms with Crippen LogP contribution in [-0.4, -0.2) is 109 Å². The predicted molar refractivity (Wildman–Crippen MR) is 522 cm³/mol. The number of rotatable bonds is 27. The van der Waals surface area contributed by atoms with Crippen LogP contribution >= 0.6 is 31.9 Å². The van der Waals surface area contributed by atoms with E-state index in [9.17, 15) is 28.0 Å². The molecule has 1 atom stereocenters. The molecular formula is C107H104BBr2F4N7O14. The van der Waals surface area contributed by atoms with E-state index in [1.54, 1.807) is 74.8 Å². The number of Topliss-reactive ketones (excluding diaryl/α,β-unsaturated/α-hetero) is 1. The zero-order valence-electron chi connectivity index (χ0n) is 75.7. The molecule has 135 heavy (non-hydrogen) atoms. The van der Waals surface area contributed by atoms with E-state index in [0.717, 1.165) is 58.6 Å². The number of carboxylic acids is 1. The molecule has 28 heteroatoms. The highest BCUT2D eigenvalue weighted by atomic mass is 79.9. The van der Waals surface area contributed by atoms with Crippen LogP contribution < -0.4 is 11.4 Å². The van der Waals surface area contributed by atoms with Crippen molar-refractivity contribution in [2.24, 2.45) is 5.73 Å². The first-order valence-electron chi connectivity index (χ1n) is 44.3. The molecule has 3 aliphatic carbocycles. The summed E-state index contributed by atoms with van der Waals surface area (Å²) >= 11 is 6.21. The van der Waals surface area contributed by atoms with Gasteiger partial charge in [0.2, 0.25) is 0 Å². The summed E-state index contributed by atoms with van der Waals surface area (Å²) < 4.78 is 95.3. The molecule has 10 aromatic carbocycles. The molecule has 16 aromatic rings. The van der Waals surface area contributed by atoms with Gasteiger partial charge in [0.15, 0.2) is 0 Å². The van der Waals surface area contributed by atoms with Crippen LogP contribution in [0.2, 0.25) is 0 Å². The van der Waals surface area contributed by atoms with Gasteiger partial charge in [-0.1, -0.05) is 159 Å². The van der Waals surface area contributed by atoms with Gasteiger partial charge in [-0.05, 0) is 248 Å². The number of hydrogen-bond donors (Lipinski definition) is 7. The molecule has 0 radical (unpaired) electrons. The second kappa shape index (κ2) is 45.1. The van der Waals surface area contributed by atoms with Gasteiger partial charge in [0, 0.05) is 56.8 Å². The largest absolute Gasteiger partial charge is 0.526 e. The lowest BCUT2D eigenvalue weighted by molar-refractivity contribution is -0.143. The van der Waals surface area contributed by atoms with Crippen molar-refractivity contribution >= 4 is 101 Å². The first kappa shape index (κ1) is 99.1. The average Bonchev–Trinajstić information content (AvgIpc) is 1.58. The van der Waals surface area contributed by atoms with E-state index >= 15 is 8.78 Å². The highest BCUT2D eigenvalue weighted by Gasteiger charge is 2.47. The van der Waals surface area contributed by atoms with E-state index in [0.29, 0.717) is 139 Å². The number of H-pyrrole nitrogens is 3. The molecule has 1 unspecified atom stereocenters. The number of carbonyl (C=O) groups excluding carboxylic acids is 3. The van der Waals surface area contributed by atoms with E-state index in [1.807, 2.05) is 87.5 Å². The number of halogens is 6. The summed E-state index contributed by atoms with van der Waals surface area (Å²) in [5.74, 6) is -0.234. The maximum absolute atomic E-state index is 15.2. The Kier molecular flexibility index (Phi) is 33.1. The standard InChI is InChI=1S/C30H25FN2O3.C28H21FN2O3.C13H12BrFN2O2.C11H15BrFNO.C10H12.C8H7BO3.C7H12O2/c1-2-35-29(34)17-28-32-18-25(33-28)19-8-10-23(24(31)15-19)27-16-20-14-22(9-11-26(20)36-27)30(12-13-30)21-6-4-3-5-7-21;29-22-13-17(23-16-30-26(31-23)15-27(32)33)6-8-21(22)25-14-18-12-20(7-9-24(18)34-25)28(10-11-28)19-4-2-1-3-5-19;1-2-19-13(18)6-12-16-7-11(17-12)8-3-4-9(14)10(15)5-8;1-3-15-11(2,7-14)8-4-5-9(12)10(13)6-8;1-10(7-8-10)9-5-3-2-4-6-9;10-9(11)8-5-6-3-1-2-4-7(6)12-8;1-4-9-7(3)5-6(2)8/h3-11,14-16,18H,2,12-13,17H2,1H3,(H,32,33);1-9,12-14,16H,10-11,15H2,(H,30,31)(H,32,33);3-5,7H,2,6H2,1H3,(H,16,17);4-6H,3,7,14H2,1-2H3;2-6H,7-8H2,1H3;1-5,10-11H;3-5H2,1-2H3. The third-order valence-corrected chi connectivity index (χ3v) is 24.7. The number of hydrogen-bond acceptors (Lipinski definition) is 17. The Hall–Kier alpha value is -13.3. The van der Waals surface area contributed by atoms with E-state index in [-0.39, 0.29) is 65.1 Å². The molecule has 0 spiro atoms. The number of allylic oxidation sites excluding steroid dienone is 1. The number of aromatic nitrogens is 6. The molecule has 0 amide bonds. The van der Waals surface area contributed by atoms with Gasteiger partial charge in [0.25, 0.3) is 0 Å². The Morgan fingerprint density at radius 1 is 0.474 bits per heavy atom. The van der Waals surface area contributed by atoms with Crippen LogP contribution in [0, 0.1) is 23.3 Å². The summed E-state index contributed by atoms with van der Waals surface area (Å²) in [6, 6.07) is 76.7. The van der Waals surface area contributed by atoms with Gasteiger partial charge in [0.1, 0.15) is 105 Å². The minimum Gasteiger partial charge on any atom is -0.498 e. The molecule has 696 valence electrons. The monoisotopic (exact) mass is 1960 g/mol. The summed E-state index contributed by atoms with van der Waals surface area (Å²) in [6.45, 7) is 18.6. The fourth-order valence-electron chi connectivity index (χ4n) is 15.6. The van der Waals surface area contributed by atoms with Gasteiger partial charge in [-0.3, -0.25) is 19.2 Å². The van der Waals surface area contributed by atoms with Gasteiger partial charge in [0.05, 0.1) is 87.7 Å². The van der Waals surface area contributed by atoms with Gasteiger partial charge in [-0.15, -0.1) is 0 Å². The number of fused-ring (bicyclic) bond motifs is 3. The lowest BCUT2D eigenvalue weighted by Gasteiger charge is -2.28. The fourth-order valence-corrected chi connectivity index (χ4v) is 16.1. The van der Waals surface area contributed by atoms with Crippen molar-refractivity contribution < 1.29 is 84.1 Å². The van der Waals surface area contributed by atoms with Crippen molar-refractivity contribution in [1.29, 1.82) is 0 Å². The number of ether oxygens (including phenoxy) is 4. The quantitative estimate of drug-likeness (QED) is 0.0109. The first-order valence-corrected chi connectivity index (χ1v) is 45.9. The van der Waals surface area contributed by atoms with Gasteiger partial charge >= 0.3 is 25.0 Å². The lowest BCUT2D eigenvalue weighted by atomic mass is 9.87. The van der Waals surface area contributed by atoms with E-state index in [4.69, 9.17) is 53.1 Å².